The van der Waals surface area contributed by atoms with E-state index in [4.69, 9.17) is 0 Å². The summed E-state index contributed by atoms with van der Waals surface area (Å²) in [5.74, 6) is 0. The van der Waals surface area contributed by atoms with Gasteiger partial charge in [0.25, 0.3) is 0 Å². The summed E-state index contributed by atoms with van der Waals surface area (Å²) in [6, 6.07) is 0. The number of aliphatic imine (C=N–C) groups is 1. The van der Waals surface area contributed by atoms with E-state index < -0.39 is 0 Å². The van der Waals surface area contributed by atoms with Crippen LogP contribution < -0.4 is 0 Å². The standard InChI is InChI=1S/C3H8NP/c1-3(5)4-2/h5H2,1-2H3. The number of hydrogen-bond acceptors (Lipinski definition) is 1. The van der Waals surface area contributed by atoms with E-state index in [-0.39, 0.29) is 0 Å². The summed E-state index contributed by atoms with van der Waals surface area (Å²) in [6.45, 7) is 1.94. The van der Waals surface area contributed by atoms with Crippen LogP contribution in [-0.2, 0) is 0 Å². The first kappa shape index (κ1) is 5.10. The van der Waals surface area contributed by atoms with E-state index in [1.807, 2.05) is 6.92 Å². The predicted octanol–water partition coefficient (Wildman–Crippen LogP) is 0.910. The minimum Gasteiger partial charge on any atom is -0.294 e. The molecular formula is C3H8NP. The van der Waals surface area contributed by atoms with E-state index in [0.717, 1.165) is 5.45 Å². The first-order chi connectivity index (χ1) is 2.27. The lowest BCUT2D eigenvalue weighted by Gasteiger charge is -1.74. The molecule has 1 atom stereocenters. The van der Waals surface area contributed by atoms with Gasteiger partial charge in [0.05, 0.1) is 0 Å². The molecule has 0 saturated carbocycles. The summed E-state index contributed by atoms with van der Waals surface area (Å²) >= 11 is 0. The molecule has 0 aliphatic rings. The lowest BCUT2D eigenvalue weighted by atomic mass is 10.9. The van der Waals surface area contributed by atoms with Gasteiger partial charge >= 0.3 is 0 Å². The van der Waals surface area contributed by atoms with E-state index in [9.17, 15) is 0 Å². The topological polar surface area (TPSA) is 12.4 Å². The van der Waals surface area contributed by atoms with Gasteiger partial charge in [0.15, 0.2) is 0 Å². The van der Waals surface area contributed by atoms with Gasteiger partial charge in [-0.3, -0.25) is 4.99 Å². The van der Waals surface area contributed by atoms with Crippen molar-refractivity contribution in [2.24, 2.45) is 4.99 Å². The zero-order valence-corrected chi connectivity index (χ0v) is 4.68. The lowest BCUT2D eigenvalue weighted by Crippen LogP contribution is -1.66. The second-order valence-electron chi connectivity index (χ2n) is 0.865. The minimum atomic E-state index is 1.05. The highest BCUT2D eigenvalue weighted by Crippen LogP contribution is 1.81. The Morgan fingerprint density at radius 1 is 1.80 bits per heavy atom. The molecule has 0 N–H and O–H groups in total. The largest absolute Gasteiger partial charge is 0.294 e. The van der Waals surface area contributed by atoms with Crippen LogP contribution in [0.15, 0.2) is 4.99 Å². The summed E-state index contributed by atoms with van der Waals surface area (Å²) in [5, 5.41) is 0. The molecule has 0 aromatic carbocycles. The molecule has 0 amide bonds. The van der Waals surface area contributed by atoms with Gasteiger partial charge in [-0.25, -0.2) is 0 Å². The van der Waals surface area contributed by atoms with Crippen molar-refractivity contribution < 1.29 is 0 Å². The Hall–Kier alpha value is 0.100. The van der Waals surface area contributed by atoms with E-state index in [0.29, 0.717) is 0 Å². The number of nitrogens with zero attached hydrogens (tertiary/aromatic N) is 1. The second-order valence-corrected chi connectivity index (χ2v) is 1.70. The Morgan fingerprint density at radius 3 is 2.00 bits per heavy atom. The molecule has 2 heteroatoms. The monoisotopic (exact) mass is 89.0 g/mol. The fourth-order valence-electron chi connectivity index (χ4n) is 0. The third-order valence-electron chi connectivity index (χ3n) is 0.353. The van der Waals surface area contributed by atoms with E-state index in [1.165, 1.54) is 0 Å². The van der Waals surface area contributed by atoms with Crippen LogP contribution in [0, 0.1) is 0 Å². The fourth-order valence-corrected chi connectivity index (χ4v) is 0. The molecule has 1 nitrogen and oxygen atoms in total. The molecule has 0 rings (SSSR count). The van der Waals surface area contributed by atoms with Crippen LogP contribution in [0.25, 0.3) is 0 Å². The van der Waals surface area contributed by atoms with Crippen molar-refractivity contribution in [1.82, 2.24) is 0 Å². The second kappa shape index (κ2) is 2.34. The maximum atomic E-state index is 3.77. The van der Waals surface area contributed by atoms with Crippen molar-refractivity contribution in [3.05, 3.63) is 0 Å². The molecular weight excluding hydrogens is 81.0 g/mol. The normalized spacial score (nSPS) is 12.2. The summed E-state index contributed by atoms with van der Waals surface area (Å²) in [4.78, 5) is 3.77. The van der Waals surface area contributed by atoms with Gasteiger partial charge in [0.2, 0.25) is 0 Å². The van der Waals surface area contributed by atoms with E-state index in [1.54, 1.807) is 7.05 Å². The Kier molecular flexibility index (Phi) is 2.39. The molecule has 0 aliphatic carbocycles. The van der Waals surface area contributed by atoms with Gasteiger partial charge in [-0.1, -0.05) is 9.24 Å². The van der Waals surface area contributed by atoms with Gasteiger partial charge in [0.1, 0.15) is 0 Å². The SMILES string of the molecule is CN=C(C)P. The van der Waals surface area contributed by atoms with Crippen molar-refractivity contribution in [3.63, 3.8) is 0 Å². The molecule has 0 bridgehead atoms. The Bertz CT molecular complexity index is 44.9. The molecule has 1 unspecified atom stereocenters. The number of hydrogen-bond donors (Lipinski definition) is 0. The smallest absolute Gasteiger partial charge is 0.0280 e. The quantitative estimate of drug-likeness (QED) is 0.309. The highest BCUT2D eigenvalue weighted by Gasteiger charge is 1.62. The van der Waals surface area contributed by atoms with Crippen LogP contribution in [0.1, 0.15) is 6.92 Å². The molecule has 30 valence electrons. The van der Waals surface area contributed by atoms with E-state index in [2.05, 4.69) is 14.2 Å². The van der Waals surface area contributed by atoms with Gasteiger partial charge in [0, 0.05) is 12.5 Å². The van der Waals surface area contributed by atoms with Crippen molar-refractivity contribution >= 4 is 14.7 Å². The van der Waals surface area contributed by atoms with Gasteiger partial charge in [-0.15, -0.1) is 0 Å². The van der Waals surface area contributed by atoms with Crippen LogP contribution in [0.5, 0.6) is 0 Å². The fraction of sp³-hybridized carbons (Fsp3) is 0.667. The maximum absolute atomic E-state index is 3.77. The molecule has 0 heterocycles. The average molecular weight is 89.1 g/mol. The van der Waals surface area contributed by atoms with Crippen LogP contribution in [-0.4, -0.2) is 12.5 Å². The highest BCUT2D eigenvalue weighted by atomic mass is 31.0. The highest BCUT2D eigenvalue weighted by molar-refractivity contribution is 7.40. The van der Waals surface area contributed by atoms with Gasteiger partial charge in [-0.2, -0.15) is 0 Å². The first-order valence-corrected chi connectivity index (χ1v) is 2.04. The Morgan fingerprint density at radius 2 is 2.00 bits per heavy atom. The molecule has 5 heavy (non-hydrogen) atoms. The third kappa shape index (κ3) is 4.10. The number of rotatable bonds is 0. The molecule has 0 aromatic heterocycles. The van der Waals surface area contributed by atoms with Crippen LogP contribution in [0.3, 0.4) is 0 Å². The van der Waals surface area contributed by atoms with Crippen molar-refractivity contribution in [2.75, 3.05) is 7.05 Å². The van der Waals surface area contributed by atoms with Crippen LogP contribution >= 0.6 is 9.24 Å². The van der Waals surface area contributed by atoms with Gasteiger partial charge in [-0.05, 0) is 6.92 Å². The Labute approximate surface area is 34.7 Å². The molecule has 0 fully saturated rings. The lowest BCUT2D eigenvalue weighted by molar-refractivity contribution is 1.45. The van der Waals surface area contributed by atoms with E-state index >= 15 is 0 Å². The first-order valence-electron chi connectivity index (χ1n) is 1.46. The zero-order valence-electron chi connectivity index (χ0n) is 3.52. The predicted molar refractivity (Wildman–Crippen MR) is 28.7 cm³/mol. The molecule has 0 aliphatic heterocycles. The summed E-state index contributed by atoms with van der Waals surface area (Å²) in [7, 11) is 4.25. The molecule has 0 spiro atoms. The van der Waals surface area contributed by atoms with Crippen LogP contribution in [0.2, 0.25) is 0 Å². The maximum Gasteiger partial charge on any atom is 0.0280 e. The van der Waals surface area contributed by atoms with Crippen molar-refractivity contribution in [1.29, 1.82) is 0 Å². The van der Waals surface area contributed by atoms with Crippen molar-refractivity contribution in [3.8, 4) is 0 Å². The zero-order chi connectivity index (χ0) is 4.28. The van der Waals surface area contributed by atoms with Crippen molar-refractivity contribution in [2.45, 2.75) is 6.92 Å². The Balaban J connectivity index is 3.14. The van der Waals surface area contributed by atoms with Crippen LogP contribution in [0.4, 0.5) is 0 Å². The molecule has 0 radical (unpaired) electrons. The molecule has 0 aromatic rings. The minimum absolute atomic E-state index is 1.05. The summed E-state index contributed by atoms with van der Waals surface area (Å²) < 4.78 is 0. The summed E-state index contributed by atoms with van der Waals surface area (Å²) in [6.07, 6.45) is 0. The third-order valence-corrected chi connectivity index (χ3v) is 0.611. The average Bonchev–Trinajstić information content (AvgIpc) is 1.38. The summed E-state index contributed by atoms with van der Waals surface area (Å²) in [5.41, 5.74) is 1.05. The van der Waals surface area contributed by atoms with Gasteiger partial charge < -0.3 is 0 Å². The molecule has 0 saturated heterocycles.